The number of phosphoric ester groups is 1. The molecule has 0 spiro atoms. The minimum absolute atomic E-state index is 0.0537. The first-order valence-electron chi connectivity index (χ1n) is 21.7. The topological polar surface area (TPSA) is 132 Å². The van der Waals surface area contributed by atoms with Gasteiger partial charge in [-0.05, 0) is 38.5 Å². The lowest BCUT2D eigenvalue weighted by atomic mass is 10.0. The van der Waals surface area contributed by atoms with Crippen LogP contribution >= 0.6 is 7.82 Å². The van der Waals surface area contributed by atoms with Crippen LogP contribution in [-0.4, -0.2) is 66.3 Å². The number of ether oxygens (including phenoxy) is 2. The Labute approximate surface area is 320 Å². The Balaban J connectivity index is 3.91. The number of hydrogen-bond acceptors (Lipinski definition) is 8. The van der Waals surface area contributed by atoms with Crippen molar-refractivity contribution in [2.24, 2.45) is 0 Å². The first-order chi connectivity index (χ1) is 25.3. The lowest BCUT2D eigenvalue weighted by Gasteiger charge is -2.20. The van der Waals surface area contributed by atoms with Gasteiger partial charge in [0.05, 0.1) is 26.4 Å². The van der Waals surface area contributed by atoms with Crippen LogP contribution in [0.2, 0.25) is 0 Å². The molecule has 310 valence electrons. The summed E-state index contributed by atoms with van der Waals surface area (Å²) in [6.45, 7) is 3.49. The van der Waals surface area contributed by atoms with Gasteiger partial charge in [-0.2, -0.15) is 0 Å². The second-order valence-electron chi connectivity index (χ2n) is 14.7. The number of rotatable bonds is 42. The minimum Gasteiger partial charge on any atom is -0.457 e. The molecule has 10 heteroatoms. The van der Waals surface area contributed by atoms with Crippen molar-refractivity contribution in [1.82, 2.24) is 0 Å². The van der Waals surface area contributed by atoms with Crippen LogP contribution < -0.4 is 0 Å². The molecule has 0 radical (unpaired) electrons. The second-order valence-corrected chi connectivity index (χ2v) is 16.2. The number of phosphoric acid groups is 1. The molecule has 0 bridgehead atoms. The summed E-state index contributed by atoms with van der Waals surface area (Å²) in [7, 11) is -4.50. The summed E-state index contributed by atoms with van der Waals surface area (Å²) in [4.78, 5) is 22.4. The fraction of sp³-hybridized carbons (Fsp3) is 0.929. The molecule has 0 saturated carbocycles. The summed E-state index contributed by atoms with van der Waals surface area (Å²) in [5.41, 5.74) is 0. The molecule has 0 aromatic rings. The molecule has 3 unspecified atom stereocenters. The maximum Gasteiger partial charge on any atom is 0.472 e. The molecule has 0 fully saturated rings. The molecule has 0 heterocycles. The van der Waals surface area contributed by atoms with Crippen molar-refractivity contribution in [3.8, 4) is 0 Å². The standard InChI is InChI=1S/C42H83O9P/c1-3-5-7-9-11-12-13-14-15-16-17-18-19-20-21-22-23-24-25-26-27-29-31-33-35-48-38-41(39-50-52(46,47)49-37-40(44)36-43)51-42(45)34-32-30-28-10-8-6-4-2/h16-17,40-41,43-44H,3-15,18-39H2,1-2H3,(H,46,47)/b17-16-. The van der Waals surface area contributed by atoms with Crippen molar-refractivity contribution in [3.05, 3.63) is 12.2 Å². The van der Waals surface area contributed by atoms with Crippen LogP contribution in [-0.2, 0) is 27.9 Å². The van der Waals surface area contributed by atoms with Crippen molar-refractivity contribution in [2.45, 2.75) is 219 Å². The van der Waals surface area contributed by atoms with Crippen LogP contribution in [0.4, 0.5) is 0 Å². The van der Waals surface area contributed by atoms with Crippen molar-refractivity contribution < 1.29 is 43.0 Å². The Morgan fingerprint density at radius 3 is 1.44 bits per heavy atom. The van der Waals surface area contributed by atoms with Gasteiger partial charge in [-0.15, -0.1) is 0 Å². The van der Waals surface area contributed by atoms with Gasteiger partial charge >= 0.3 is 13.8 Å². The monoisotopic (exact) mass is 763 g/mol. The van der Waals surface area contributed by atoms with Gasteiger partial charge in [-0.1, -0.05) is 174 Å². The predicted octanol–water partition coefficient (Wildman–Crippen LogP) is 11.7. The van der Waals surface area contributed by atoms with E-state index in [1.54, 1.807) is 0 Å². The highest BCUT2D eigenvalue weighted by atomic mass is 31.2. The smallest absolute Gasteiger partial charge is 0.457 e. The van der Waals surface area contributed by atoms with E-state index in [9.17, 15) is 19.4 Å². The summed E-state index contributed by atoms with van der Waals surface area (Å²) in [5.74, 6) is -0.387. The normalized spacial score (nSPS) is 14.2. The highest BCUT2D eigenvalue weighted by Crippen LogP contribution is 2.43. The fourth-order valence-corrected chi connectivity index (χ4v) is 6.91. The highest BCUT2D eigenvalue weighted by molar-refractivity contribution is 7.47. The first kappa shape index (κ1) is 51.2. The second kappa shape index (κ2) is 39.9. The van der Waals surface area contributed by atoms with Gasteiger partial charge in [-0.3, -0.25) is 13.8 Å². The average Bonchev–Trinajstić information content (AvgIpc) is 3.13. The number of aliphatic hydroxyl groups excluding tert-OH is 2. The Morgan fingerprint density at radius 2 is 0.981 bits per heavy atom. The number of hydrogen-bond donors (Lipinski definition) is 3. The summed E-state index contributed by atoms with van der Waals surface area (Å²) >= 11 is 0. The maximum absolute atomic E-state index is 12.5. The molecule has 0 rings (SSSR count). The highest BCUT2D eigenvalue weighted by Gasteiger charge is 2.26. The molecule has 0 aliphatic rings. The maximum atomic E-state index is 12.5. The van der Waals surface area contributed by atoms with E-state index >= 15 is 0 Å². The molecule has 0 amide bonds. The number of carbonyl (C=O) groups excluding carboxylic acids is 1. The molecule has 0 aromatic carbocycles. The van der Waals surface area contributed by atoms with Crippen LogP contribution in [0.5, 0.6) is 0 Å². The third-order valence-electron chi connectivity index (χ3n) is 9.45. The van der Waals surface area contributed by atoms with E-state index < -0.39 is 33.2 Å². The average molecular weight is 763 g/mol. The van der Waals surface area contributed by atoms with Gasteiger partial charge in [0, 0.05) is 13.0 Å². The van der Waals surface area contributed by atoms with Gasteiger partial charge in [0.1, 0.15) is 12.2 Å². The number of unbranched alkanes of at least 4 members (excludes halogenated alkanes) is 26. The van der Waals surface area contributed by atoms with Gasteiger partial charge in [0.2, 0.25) is 0 Å². The molecule has 0 aliphatic heterocycles. The van der Waals surface area contributed by atoms with E-state index in [4.69, 9.17) is 23.6 Å². The lowest BCUT2D eigenvalue weighted by molar-refractivity contribution is -0.154. The van der Waals surface area contributed by atoms with Crippen molar-refractivity contribution in [1.29, 1.82) is 0 Å². The summed E-state index contributed by atoms with van der Waals surface area (Å²) in [5, 5.41) is 18.3. The Morgan fingerprint density at radius 1 is 0.577 bits per heavy atom. The molecule has 0 aromatic heterocycles. The summed E-state index contributed by atoms with van der Waals surface area (Å²) < 4.78 is 33.2. The van der Waals surface area contributed by atoms with E-state index in [-0.39, 0.29) is 25.6 Å². The zero-order valence-electron chi connectivity index (χ0n) is 33.8. The first-order valence-corrected chi connectivity index (χ1v) is 23.2. The van der Waals surface area contributed by atoms with Crippen molar-refractivity contribution in [2.75, 3.05) is 33.0 Å². The lowest BCUT2D eigenvalue weighted by Crippen LogP contribution is -2.29. The SMILES string of the molecule is CCCCCCCCCC/C=C\CCCCCCCCCCCCCCOCC(COP(=O)(O)OCC(O)CO)OC(=O)CCCCCCCCC. The van der Waals surface area contributed by atoms with E-state index in [1.807, 2.05) is 0 Å². The van der Waals surface area contributed by atoms with Crippen molar-refractivity contribution >= 4 is 13.8 Å². The Kier molecular flexibility index (Phi) is 39.3. The van der Waals surface area contributed by atoms with E-state index in [0.717, 1.165) is 32.1 Å². The van der Waals surface area contributed by atoms with E-state index in [0.29, 0.717) is 6.61 Å². The zero-order valence-corrected chi connectivity index (χ0v) is 34.7. The molecule has 52 heavy (non-hydrogen) atoms. The van der Waals surface area contributed by atoms with Crippen LogP contribution in [0.25, 0.3) is 0 Å². The van der Waals surface area contributed by atoms with E-state index in [1.165, 1.54) is 154 Å². The zero-order chi connectivity index (χ0) is 38.2. The summed E-state index contributed by atoms with van der Waals surface area (Å²) in [6, 6.07) is 0. The molecule has 0 aliphatic carbocycles. The number of aliphatic hydroxyl groups is 2. The number of esters is 1. The molecular weight excluding hydrogens is 679 g/mol. The Hall–Kier alpha value is -0.800. The van der Waals surface area contributed by atoms with Crippen molar-refractivity contribution in [3.63, 3.8) is 0 Å². The number of carbonyl (C=O) groups is 1. The minimum atomic E-state index is -4.50. The van der Waals surface area contributed by atoms with Crippen LogP contribution in [0, 0.1) is 0 Å². The van der Waals surface area contributed by atoms with Gasteiger partial charge in [-0.25, -0.2) is 4.57 Å². The summed E-state index contributed by atoms with van der Waals surface area (Å²) in [6.07, 6.45) is 39.2. The van der Waals surface area contributed by atoms with Gasteiger partial charge in [0.25, 0.3) is 0 Å². The molecule has 9 nitrogen and oxygen atoms in total. The van der Waals surface area contributed by atoms with Crippen LogP contribution in [0.15, 0.2) is 12.2 Å². The number of allylic oxidation sites excluding steroid dienone is 2. The third kappa shape index (κ3) is 38.9. The quantitative estimate of drug-likeness (QED) is 0.0241. The largest absolute Gasteiger partial charge is 0.472 e. The molecule has 0 saturated heterocycles. The Bertz CT molecular complexity index is 825. The predicted molar refractivity (Wildman–Crippen MR) is 215 cm³/mol. The van der Waals surface area contributed by atoms with Crippen LogP contribution in [0.3, 0.4) is 0 Å². The fourth-order valence-electron chi connectivity index (χ4n) is 6.12. The van der Waals surface area contributed by atoms with Gasteiger partial charge in [0.15, 0.2) is 0 Å². The molecular formula is C42H83O9P. The van der Waals surface area contributed by atoms with E-state index in [2.05, 4.69) is 26.0 Å². The van der Waals surface area contributed by atoms with Crippen LogP contribution in [0.1, 0.15) is 206 Å². The van der Waals surface area contributed by atoms with Gasteiger partial charge < -0.3 is 24.6 Å². The molecule has 3 atom stereocenters. The molecule has 3 N–H and O–H groups in total. The third-order valence-corrected chi connectivity index (χ3v) is 10.4.